The van der Waals surface area contributed by atoms with Crippen LogP contribution in [0.25, 0.3) is 0 Å². The molecule has 0 aromatic rings. The highest BCUT2D eigenvalue weighted by atomic mass is 31.2. The van der Waals surface area contributed by atoms with Crippen molar-refractivity contribution < 1.29 is 13.9 Å². The summed E-state index contributed by atoms with van der Waals surface area (Å²) >= 11 is 0. The molecule has 0 aromatic heterocycles. The fourth-order valence-corrected chi connectivity index (χ4v) is 2.53. The van der Waals surface area contributed by atoms with Gasteiger partial charge in [0.05, 0.1) is 0 Å². The average molecular weight is 235 g/mol. The van der Waals surface area contributed by atoms with Crippen molar-refractivity contribution in [3.8, 4) is 0 Å². The van der Waals surface area contributed by atoms with Gasteiger partial charge in [0.15, 0.2) is 0 Å². The number of nitrogens with two attached hydrogens (primary N) is 1. The average Bonchev–Trinajstić information content (AvgIpc) is 2.28. The molecule has 1 rings (SSSR count). The van der Waals surface area contributed by atoms with Crippen LogP contribution in [0, 0.1) is 0 Å². The first-order valence-electron chi connectivity index (χ1n) is 4.98. The molecule has 0 saturated carbocycles. The minimum atomic E-state index is -3.12. The molecule has 88 valence electrons. The summed E-state index contributed by atoms with van der Waals surface area (Å²) in [6.07, 6.45) is 0.505. The van der Waals surface area contributed by atoms with E-state index in [1.54, 1.807) is 9.57 Å². The smallest absolute Gasteiger partial charge is 0.340 e. The zero-order chi connectivity index (χ0) is 11.5. The van der Waals surface area contributed by atoms with Crippen LogP contribution in [0.2, 0.25) is 0 Å². The second-order valence-corrected chi connectivity index (χ2v) is 5.49. The molecule has 1 saturated heterocycles. The van der Waals surface area contributed by atoms with Gasteiger partial charge in [-0.2, -0.15) is 0 Å². The Hall–Kier alpha value is -0.420. The SMILES string of the molecule is CCC(=O)N1CCN(P(N)(=O)OC)CC1. The predicted molar refractivity (Wildman–Crippen MR) is 57.2 cm³/mol. The lowest BCUT2D eigenvalue weighted by atomic mass is 10.3. The van der Waals surface area contributed by atoms with E-state index in [1.807, 2.05) is 6.92 Å². The number of carbonyl (C=O) groups is 1. The number of carbonyl (C=O) groups excluding carboxylic acids is 1. The Morgan fingerprint density at radius 2 is 1.93 bits per heavy atom. The van der Waals surface area contributed by atoms with Crippen molar-refractivity contribution in [1.29, 1.82) is 0 Å². The number of rotatable bonds is 3. The molecule has 1 fully saturated rings. The van der Waals surface area contributed by atoms with Crippen LogP contribution in [0.4, 0.5) is 0 Å². The van der Waals surface area contributed by atoms with Crippen LogP contribution in [0.1, 0.15) is 13.3 Å². The fourth-order valence-electron chi connectivity index (χ4n) is 1.56. The molecule has 2 N–H and O–H groups in total. The van der Waals surface area contributed by atoms with Crippen molar-refractivity contribution in [1.82, 2.24) is 9.57 Å². The van der Waals surface area contributed by atoms with Gasteiger partial charge in [-0.25, -0.2) is 10.2 Å². The topological polar surface area (TPSA) is 75.9 Å². The van der Waals surface area contributed by atoms with Gasteiger partial charge in [-0.3, -0.25) is 9.36 Å². The van der Waals surface area contributed by atoms with Crippen LogP contribution in [-0.4, -0.2) is 48.8 Å². The van der Waals surface area contributed by atoms with Crippen LogP contribution in [0.3, 0.4) is 0 Å². The van der Waals surface area contributed by atoms with Crippen molar-refractivity contribution in [3.63, 3.8) is 0 Å². The van der Waals surface area contributed by atoms with Crippen LogP contribution < -0.4 is 5.50 Å². The molecule has 1 aliphatic heterocycles. The zero-order valence-corrected chi connectivity index (χ0v) is 10.1. The van der Waals surface area contributed by atoms with Crippen molar-refractivity contribution in [2.45, 2.75) is 13.3 Å². The highest BCUT2D eigenvalue weighted by molar-refractivity contribution is 7.53. The summed E-state index contributed by atoms with van der Waals surface area (Å²) in [4.78, 5) is 13.1. The van der Waals surface area contributed by atoms with Gasteiger partial charge in [0.2, 0.25) is 5.91 Å². The highest BCUT2D eigenvalue weighted by Gasteiger charge is 2.30. The molecule has 1 amide bonds. The maximum Gasteiger partial charge on any atom is 0.340 e. The largest absolute Gasteiger partial charge is 0.340 e. The lowest BCUT2D eigenvalue weighted by molar-refractivity contribution is -0.132. The Morgan fingerprint density at radius 3 is 2.33 bits per heavy atom. The Balaban J connectivity index is 2.49. The van der Waals surface area contributed by atoms with Crippen LogP contribution in [0.5, 0.6) is 0 Å². The van der Waals surface area contributed by atoms with Crippen LogP contribution >= 0.6 is 7.67 Å². The van der Waals surface area contributed by atoms with E-state index in [2.05, 4.69) is 0 Å². The third-order valence-corrected chi connectivity index (χ3v) is 4.28. The van der Waals surface area contributed by atoms with E-state index < -0.39 is 7.67 Å². The minimum Gasteiger partial charge on any atom is -0.340 e. The first kappa shape index (κ1) is 12.6. The molecule has 15 heavy (non-hydrogen) atoms. The van der Waals surface area contributed by atoms with E-state index in [1.165, 1.54) is 7.11 Å². The summed E-state index contributed by atoms with van der Waals surface area (Å²) in [6.45, 7) is 3.98. The number of hydrogen-bond donors (Lipinski definition) is 1. The van der Waals surface area contributed by atoms with Gasteiger partial charge < -0.3 is 9.42 Å². The van der Waals surface area contributed by atoms with E-state index >= 15 is 0 Å². The van der Waals surface area contributed by atoms with Gasteiger partial charge in [0, 0.05) is 39.7 Å². The molecule has 1 unspecified atom stereocenters. The molecule has 0 radical (unpaired) electrons. The van der Waals surface area contributed by atoms with Gasteiger partial charge in [0.25, 0.3) is 0 Å². The number of hydrogen-bond acceptors (Lipinski definition) is 3. The number of piperazine rings is 1. The lowest BCUT2D eigenvalue weighted by Crippen LogP contribution is -2.48. The number of amides is 1. The summed E-state index contributed by atoms with van der Waals surface area (Å²) in [5, 5.41) is 0. The standard InChI is InChI=1S/C8H18N3O3P/c1-3-8(12)10-4-6-11(7-5-10)15(9,13)14-2/h3-7H2,1-2H3,(H2,9,13). The summed E-state index contributed by atoms with van der Waals surface area (Å²) in [5.41, 5.74) is 5.50. The molecule has 0 aromatic carbocycles. The quantitative estimate of drug-likeness (QED) is 0.710. The molecular formula is C8H18N3O3P. The molecule has 0 aliphatic carbocycles. The molecule has 7 heteroatoms. The lowest BCUT2D eigenvalue weighted by Gasteiger charge is -2.36. The Kier molecular flexibility index (Phi) is 4.28. The minimum absolute atomic E-state index is 0.124. The van der Waals surface area contributed by atoms with E-state index in [-0.39, 0.29) is 5.91 Å². The molecule has 1 aliphatic rings. The molecule has 6 nitrogen and oxygen atoms in total. The normalized spacial score (nSPS) is 22.5. The first-order chi connectivity index (χ1) is 7.01. The van der Waals surface area contributed by atoms with E-state index in [0.29, 0.717) is 32.6 Å². The Labute approximate surface area is 89.9 Å². The van der Waals surface area contributed by atoms with E-state index in [0.717, 1.165) is 0 Å². The monoisotopic (exact) mass is 235 g/mol. The van der Waals surface area contributed by atoms with Crippen molar-refractivity contribution >= 4 is 13.6 Å². The van der Waals surface area contributed by atoms with E-state index in [4.69, 9.17) is 10.0 Å². The zero-order valence-electron chi connectivity index (χ0n) is 9.18. The Morgan fingerprint density at radius 1 is 1.40 bits per heavy atom. The van der Waals surface area contributed by atoms with Crippen LogP contribution in [-0.2, 0) is 13.9 Å². The Bertz CT molecular complexity index is 276. The second kappa shape index (κ2) is 5.07. The first-order valence-corrected chi connectivity index (χ1v) is 6.63. The summed E-state index contributed by atoms with van der Waals surface area (Å²) in [5.74, 6) is 0.124. The second-order valence-electron chi connectivity index (χ2n) is 3.43. The van der Waals surface area contributed by atoms with E-state index in [9.17, 15) is 9.36 Å². The van der Waals surface area contributed by atoms with Crippen molar-refractivity contribution in [3.05, 3.63) is 0 Å². The highest BCUT2D eigenvalue weighted by Crippen LogP contribution is 2.41. The van der Waals surface area contributed by atoms with Gasteiger partial charge in [-0.1, -0.05) is 6.92 Å². The summed E-state index contributed by atoms with van der Waals surface area (Å²) < 4.78 is 18.0. The summed E-state index contributed by atoms with van der Waals surface area (Å²) in [7, 11) is -1.78. The number of nitrogens with zero attached hydrogens (tertiary/aromatic N) is 2. The molecule has 1 heterocycles. The maximum absolute atomic E-state index is 11.7. The van der Waals surface area contributed by atoms with Crippen LogP contribution in [0.15, 0.2) is 0 Å². The van der Waals surface area contributed by atoms with Gasteiger partial charge in [0.1, 0.15) is 0 Å². The van der Waals surface area contributed by atoms with Gasteiger partial charge >= 0.3 is 7.67 Å². The third-order valence-electron chi connectivity index (χ3n) is 2.57. The van der Waals surface area contributed by atoms with Crippen molar-refractivity contribution in [2.75, 3.05) is 33.3 Å². The summed E-state index contributed by atoms with van der Waals surface area (Å²) in [6, 6.07) is 0. The molecule has 0 spiro atoms. The van der Waals surface area contributed by atoms with Gasteiger partial charge in [-0.05, 0) is 0 Å². The molecular weight excluding hydrogens is 217 g/mol. The predicted octanol–water partition coefficient (Wildman–Crippen LogP) is 0.254. The van der Waals surface area contributed by atoms with Gasteiger partial charge in [-0.15, -0.1) is 0 Å². The third kappa shape index (κ3) is 3.01. The molecule has 1 atom stereocenters. The molecule has 0 bridgehead atoms. The maximum atomic E-state index is 11.7. The van der Waals surface area contributed by atoms with Crippen molar-refractivity contribution in [2.24, 2.45) is 5.50 Å². The fraction of sp³-hybridized carbons (Fsp3) is 0.875.